The second-order valence-electron chi connectivity index (χ2n) is 5.01. The lowest BCUT2D eigenvalue weighted by molar-refractivity contribution is -0.154. The van der Waals surface area contributed by atoms with Crippen molar-refractivity contribution >= 4 is 5.97 Å². The van der Waals surface area contributed by atoms with Crippen LogP contribution in [0.3, 0.4) is 0 Å². The van der Waals surface area contributed by atoms with Gasteiger partial charge in [-0.1, -0.05) is 6.92 Å². The van der Waals surface area contributed by atoms with Gasteiger partial charge >= 0.3 is 5.97 Å². The lowest BCUT2D eigenvalue weighted by Gasteiger charge is -2.14. The third-order valence-corrected chi connectivity index (χ3v) is 3.41. The van der Waals surface area contributed by atoms with Crippen molar-refractivity contribution in [2.45, 2.75) is 52.1 Å². The van der Waals surface area contributed by atoms with Crippen molar-refractivity contribution in [3.05, 3.63) is 0 Å². The molecule has 2 saturated carbocycles. The molecule has 2 heteroatoms. The van der Waals surface area contributed by atoms with Gasteiger partial charge in [0, 0.05) is 0 Å². The molecule has 0 saturated heterocycles. The number of ether oxygens (including phenoxy) is 1. The van der Waals surface area contributed by atoms with Crippen molar-refractivity contribution in [1.82, 2.24) is 0 Å². The Morgan fingerprint density at radius 2 is 2.08 bits per heavy atom. The van der Waals surface area contributed by atoms with E-state index in [1.54, 1.807) is 0 Å². The molecule has 0 bridgehead atoms. The van der Waals surface area contributed by atoms with Crippen molar-refractivity contribution in [1.29, 1.82) is 0 Å². The second kappa shape index (κ2) is 3.00. The van der Waals surface area contributed by atoms with Crippen LogP contribution < -0.4 is 0 Å². The molecular formula is C11H18O2. The van der Waals surface area contributed by atoms with Crippen LogP contribution >= 0.6 is 0 Å². The van der Waals surface area contributed by atoms with Crippen molar-refractivity contribution in [2.24, 2.45) is 11.3 Å². The van der Waals surface area contributed by atoms with Gasteiger partial charge in [0.2, 0.25) is 0 Å². The Kier molecular flexibility index (Phi) is 2.09. The topological polar surface area (TPSA) is 26.3 Å². The van der Waals surface area contributed by atoms with Crippen molar-refractivity contribution in [3.63, 3.8) is 0 Å². The molecular weight excluding hydrogens is 164 g/mol. The van der Waals surface area contributed by atoms with Gasteiger partial charge in [-0.15, -0.1) is 0 Å². The summed E-state index contributed by atoms with van der Waals surface area (Å²) in [6.45, 7) is 4.24. The first-order valence-electron chi connectivity index (χ1n) is 5.31. The van der Waals surface area contributed by atoms with Crippen LogP contribution in [0, 0.1) is 11.3 Å². The zero-order chi connectivity index (χ0) is 9.47. The molecule has 74 valence electrons. The molecule has 2 fully saturated rings. The first-order valence-corrected chi connectivity index (χ1v) is 5.31. The van der Waals surface area contributed by atoms with Crippen LogP contribution in [-0.2, 0) is 9.53 Å². The number of hydrogen-bond donors (Lipinski definition) is 0. The van der Waals surface area contributed by atoms with Gasteiger partial charge in [-0.3, -0.25) is 4.79 Å². The molecule has 2 atom stereocenters. The fourth-order valence-electron chi connectivity index (χ4n) is 1.95. The SMILES string of the molecule is CC1CCC(OC(=O)C2(C)CC2)C1. The van der Waals surface area contributed by atoms with Crippen LogP contribution in [0.25, 0.3) is 0 Å². The Labute approximate surface area is 79.7 Å². The fraction of sp³-hybridized carbons (Fsp3) is 0.909. The van der Waals surface area contributed by atoms with Crippen molar-refractivity contribution in [3.8, 4) is 0 Å². The minimum atomic E-state index is -0.105. The molecule has 0 aliphatic heterocycles. The molecule has 0 aromatic rings. The summed E-state index contributed by atoms with van der Waals surface area (Å²) in [7, 11) is 0. The highest BCUT2D eigenvalue weighted by Gasteiger charge is 2.47. The van der Waals surface area contributed by atoms with Gasteiger partial charge in [-0.2, -0.15) is 0 Å². The summed E-state index contributed by atoms with van der Waals surface area (Å²) in [5, 5.41) is 0. The normalized spacial score (nSPS) is 35.8. The highest BCUT2D eigenvalue weighted by molar-refractivity contribution is 5.79. The largest absolute Gasteiger partial charge is 0.462 e. The average Bonchev–Trinajstić information content (AvgIpc) is 2.69. The number of carbonyl (C=O) groups excluding carboxylic acids is 1. The highest BCUT2D eigenvalue weighted by Crippen LogP contribution is 2.46. The Bertz CT molecular complexity index is 218. The molecule has 0 heterocycles. The van der Waals surface area contributed by atoms with Crippen molar-refractivity contribution < 1.29 is 9.53 Å². The maximum absolute atomic E-state index is 11.6. The molecule has 0 spiro atoms. The highest BCUT2D eigenvalue weighted by atomic mass is 16.5. The van der Waals surface area contributed by atoms with E-state index in [4.69, 9.17) is 4.74 Å². The molecule has 2 unspecified atom stereocenters. The van der Waals surface area contributed by atoms with Crippen LogP contribution in [0.2, 0.25) is 0 Å². The molecule has 13 heavy (non-hydrogen) atoms. The van der Waals surface area contributed by atoms with E-state index in [0.29, 0.717) is 0 Å². The zero-order valence-electron chi connectivity index (χ0n) is 8.51. The molecule has 2 aliphatic rings. The summed E-state index contributed by atoms with van der Waals surface area (Å²) in [5.74, 6) is 0.788. The van der Waals surface area contributed by atoms with Gasteiger partial charge < -0.3 is 4.74 Å². The summed E-state index contributed by atoms with van der Waals surface area (Å²) in [4.78, 5) is 11.6. The lowest BCUT2D eigenvalue weighted by atomic mass is 10.1. The summed E-state index contributed by atoms with van der Waals surface area (Å²) in [6, 6.07) is 0. The quantitative estimate of drug-likeness (QED) is 0.613. The van der Waals surface area contributed by atoms with E-state index in [9.17, 15) is 4.79 Å². The Hall–Kier alpha value is -0.530. The molecule has 0 amide bonds. The molecule has 0 aromatic carbocycles. The fourth-order valence-corrected chi connectivity index (χ4v) is 1.95. The van der Waals surface area contributed by atoms with Gasteiger partial charge in [0.15, 0.2) is 0 Å². The standard InChI is InChI=1S/C11H18O2/c1-8-3-4-9(7-8)13-10(12)11(2)5-6-11/h8-9H,3-7H2,1-2H3. The lowest BCUT2D eigenvalue weighted by Crippen LogP contribution is -2.21. The van der Waals surface area contributed by atoms with Gasteiger partial charge in [-0.05, 0) is 44.9 Å². The second-order valence-corrected chi connectivity index (χ2v) is 5.01. The van der Waals surface area contributed by atoms with Gasteiger partial charge in [-0.25, -0.2) is 0 Å². The third kappa shape index (κ3) is 1.87. The van der Waals surface area contributed by atoms with E-state index in [0.717, 1.165) is 31.6 Å². The van der Waals surface area contributed by atoms with Crippen LogP contribution in [0.15, 0.2) is 0 Å². The van der Waals surface area contributed by atoms with E-state index >= 15 is 0 Å². The monoisotopic (exact) mass is 182 g/mol. The minimum absolute atomic E-state index is 0.0478. The predicted molar refractivity (Wildman–Crippen MR) is 50.2 cm³/mol. The maximum atomic E-state index is 11.6. The van der Waals surface area contributed by atoms with Crippen LogP contribution in [-0.4, -0.2) is 12.1 Å². The number of rotatable bonds is 2. The summed E-state index contributed by atoms with van der Waals surface area (Å²) >= 11 is 0. The van der Waals surface area contributed by atoms with E-state index in [-0.39, 0.29) is 17.5 Å². The number of carbonyl (C=O) groups is 1. The number of hydrogen-bond acceptors (Lipinski definition) is 2. The molecule has 0 aromatic heterocycles. The zero-order valence-corrected chi connectivity index (χ0v) is 8.51. The maximum Gasteiger partial charge on any atom is 0.312 e. The average molecular weight is 182 g/mol. The van der Waals surface area contributed by atoms with E-state index in [1.807, 2.05) is 6.92 Å². The Morgan fingerprint density at radius 3 is 2.54 bits per heavy atom. The van der Waals surface area contributed by atoms with Gasteiger partial charge in [0.05, 0.1) is 5.41 Å². The molecule has 2 aliphatic carbocycles. The third-order valence-electron chi connectivity index (χ3n) is 3.41. The van der Waals surface area contributed by atoms with E-state index in [1.165, 1.54) is 6.42 Å². The summed E-state index contributed by atoms with van der Waals surface area (Å²) in [6.07, 6.45) is 5.63. The molecule has 2 nitrogen and oxygen atoms in total. The minimum Gasteiger partial charge on any atom is -0.462 e. The molecule has 0 N–H and O–H groups in total. The Morgan fingerprint density at radius 1 is 1.38 bits per heavy atom. The Balaban J connectivity index is 1.81. The van der Waals surface area contributed by atoms with Crippen LogP contribution in [0.1, 0.15) is 46.0 Å². The number of esters is 1. The predicted octanol–water partition coefficient (Wildman–Crippen LogP) is 2.52. The van der Waals surface area contributed by atoms with Gasteiger partial charge in [0.25, 0.3) is 0 Å². The summed E-state index contributed by atoms with van der Waals surface area (Å²) < 4.78 is 5.47. The molecule has 2 rings (SSSR count). The van der Waals surface area contributed by atoms with Crippen LogP contribution in [0.4, 0.5) is 0 Å². The smallest absolute Gasteiger partial charge is 0.312 e. The molecule has 0 radical (unpaired) electrons. The van der Waals surface area contributed by atoms with E-state index in [2.05, 4.69) is 6.92 Å². The van der Waals surface area contributed by atoms with E-state index < -0.39 is 0 Å². The first-order chi connectivity index (χ1) is 6.10. The summed E-state index contributed by atoms with van der Waals surface area (Å²) in [5.41, 5.74) is -0.105. The van der Waals surface area contributed by atoms with Gasteiger partial charge in [0.1, 0.15) is 6.10 Å². The first kappa shape index (κ1) is 9.04. The van der Waals surface area contributed by atoms with Crippen molar-refractivity contribution in [2.75, 3.05) is 0 Å². The van der Waals surface area contributed by atoms with Crippen LogP contribution in [0.5, 0.6) is 0 Å².